The van der Waals surface area contributed by atoms with E-state index in [0.717, 1.165) is 31.5 Å². The van der Waals surface area contributed by atoms with Crippen molar-refractivity contribution in [2.75, 3.05) is 19.7 Å². The van der Waals surface area contributed by atoms with Gasteiger partial charge in [0.1, 0.15) is 0 Å². The highest BCUT2D eigenvalue weighted by atomic mass is 35.5. The molecular formula is C17H26ClN3O2. The van der Waals surface area contributed by atoms with Gasteiger partial charge in [-0.1, -0.05) is 23.7 Å². The number of carbonyl (C=O) groups is 1. The number of nitrogens with two attached hydrogens (primary N) is 1. The van der Waals surface area contributed by atoms with Gasteiger partial charge in [0.05, 0.1) is 6.04 Å². The molecule has 5 nitrogen and oxygen atoms in total. The molecule has 0 spiro atoms. The van der Waals surface area contributed by atoms with Crippen molar-refractivity contribution in [1.29, 1.82) is 0 Å². The number of benzene rings is 1. The second-order valence-electron chi connectivity index (χ2n) is 6.33. The zero-order valence-corrected chi connectivity index (χ0v) is 14.1. The summed E-state index contributed by atoms with van der Waals surface area (Å²) in [6.07, 6.45) is 3.26. The van der Waals surface area contributed by atoms with E-state index < -0.39 is 5.54 Å². The summed E-state index contributed by atoms with van der Waals surface area (Å²) in [6.45, 7) is 1.82. The number of piperidine rings is 1. The van der Waals surface area contributed by atoms with Crippen LogP contribution in [0.5, 0.6) is 0 Å². The van der Waals surface area contributed by atoms with Gasteiger partial charge in [0, 0.05) is 23.6 Å². The fourth-order valence-electron chi connectivity index (χ4n) is 2.98. The maximum absolute atomic E-state index is 12.4. The van der Waals surface area contributed by atoms with Crippen molar-refractivity contribution in [1.82, 2.24) is 10.6 Å². The van der Waals surface area contributed by atoms with Gasteiger partial charge in [0.2, 0.25) is 5.91 Å². The number of hydrogen-bond donors (Lipinski definition) is 4. The van der Waals surface area contributed by atoms with E-state index in [1.54, 1.807) is 0 Å². The molecule has 1 aliphatic rings. The van der Waals surface area contributed by atoms with E-state index in [4.69, 9.17) is 22.4 Å². The largest absolute Gasteiger partial charge is 0.396 e. The van der Waals surface area contributed by atoms with Crippen molar-refractivity contribution in [3.63, 3.8) is 0 Å². The van der Waals surface area contributed by atoms with Gasteiger partial charge in [0.15, 0.2) is 0 Å². The first-order valence-electron chi connectivity index (χ1n) is 8.18. The second kappa shape index (κ2) is 8.64. The van der Waals surface area contributed by atoms with E-state index in [2.05, 4.69) is 10.6 Å². The van der Waals surface area contributed by atoms with Crippen LogP contribution < -0.4 is 16.4 Å². The van der Waals surface area contributed by atoms with E-state index in [1.807, 2.05) is 24.3 Å². The lowest BCUT2D eigenvalue weighted by atomic mass is 9.86. The summed E-state index contributed by atoms with van der Waals surface area (Å²) in [5.74, 6) is -0.0349. The Morgan fingerprint density at radius 1 is 1.35 bits per heavy atom. The summed E-state index contributed by atoms with van der Waals surface area (Å²) in [5.41, 5.74) is 6.91. The topological polar surface area (TPSA) is 87.4 Å². The monoisotopic (exact) mass is 339 g/mol. The molecule has 1 fully saturated rings. The van der Waals surface area contributed by atoms with Crippen LogP contribution in [0.3, 0.4) is 0 Å². The number of aliphatic hydroxyl groups excluding tert-OH is 1. The molecule has 1 atom stereocenters. The van der Waals surface area contributed by atoms with Gasteiger partial charge in [-0.2, -0.15) is 0 Å². The minimum absolute atomic E-state index is 0.0349. The summed E-state index contributed by atoms with van der Waals surface area (Å²) in [4.78, 5) is 12.4. The predicted molar refractivity (Wildman–Crippen MR) is 92.3 cm³/mol. The number of halogens is 1. The van der Waals surface area contributed by atoms with Gasteiger partial charge in [-0.15, -0.1) is 0 Å². The molecule has 1 heterocycles. The minimum Gasteiger partial charge on any atom is -0.396 e. The highest BCUT2D eigenvalue weighted by Gasteiger charge is 2.30. The number of hydrogen-bond acceptors (Lipinski definition) is 4. The molecule has 0 aromatic heterocycles. The Balaban J connectivity index is 1.98. The normalized spacial score (nSPS) is 18.4. The van der Waals surface area contributed by atoms with Crippen LogP contribution in [0, 0.1) is 0 Å². The average Bonchev–Trinajstić information content (AvgIpc) is 2.52. The predicted octanol–water partition coefficient (Wildman–Crippen LogP) is 1.74. The molecule has 1 aliphatic heterocycles. The molecule has 1 saturated heterocycles. The molecule has 0 radical (unpaired) electrons. The molecule has 1 aromatic rings. The smallest absolute Gasteiger partial charge is 0.222 e. The Kier molecular flexibility index (Phi) is 6.84. The zero-order valence-electron chi connectivity index (χ0n) is 13.4. The van der Waals surface area contributed by atoms with E-state index in [0.29, 0.717) is 24.3 Å². The number of nitrogens with one attached hydrogen (secondary N) is 2. The van der Waals surface area contributed by atoms with Crippen LogP contribution in [0.2, 0.25) is 5.02 Å². The fourth-order valence-corrected chi connectivity index (χ4v) is 3.11. The highest BCUT2D eigenvalue weighted by molar-refractivity contribution is 6.30. The Hall–Kier alpha value is -1.14. The second-order valence-corrected chi connectivity index (χ2v) is 6.76. The Labute approximate surface area is 142 Å². The quantitative estimate of drug-likeness (QED) is 0.609. The van der Waals surface area contributed by atoms with Gasteiger partial charge in [0.25, 0.3) is 0 Å². The van der Waals surface area contributed by atoms with Crippen molar-refractivity contribution in [2.24, 2.45) is 5.73 Å². The third-order valence-electron chi connectivity index (χ3n) is 4.37. The zero-order chi connectivity index (χ0) is 16.7. The molecule has 1 unspecified atom stereocenters. The molecule has 0 bridgehead atoms. The molecule has 1 amide bonds. The van der Waals surface area contributed by atoms with E-state index in [1.165, 1.54) is 0 Å². The van der Waals surface area contributed by atoms with Crippen LogP contribution in [0.15, 0.2) is 24.3 Å². The molecule has 0 saturated carbocycles. The third-order valence-corrected chi connectivity index (χ3v) is 4.62. The summed E-state index contributed by atoms with van der Waals surface area (Å²) >= 11 is 5.92. The fraction of sp³-hybridized carbons (Fsp3) is 0.588. The molecule has 2 rings (SSSR count). The first kappa shape index (κ1) is 18.2. The van der Waals surface area contributed by atoms with Crippen molar-refractivity contribution < 1.29 is 9.90 Å². The van der Waals surface area contributed by atoms with E-state index >= 15 is 0 Å². The van der Waals surface area contributed by atoms with Crippen LogP contribution >= 0.6 is 11.6 Å². The summed E-state index contributed by atoms with van der Waals surface area (Å²) < 4.78 is 0. The molecule has 5 N–H and O–H groups in total. The highest BCUT2D eigenvalue weighted by Crippen LogP contribution is 2.23. The van der Waals surface area contributed by atoms with Crippen molar-refractivity contribution >= 4 is 17.5 Å². The summed E-state index contributed by atoms with van der Waals surface area (Å²) in [7, 11) is 0. The first-order chi connectivity index (χ1) is 11.0. The minimum atomic E-state index is -0.420. The lowest BCUT2D eigenvalue weighted by Crippen LogP contribution is -2.51. The number of amides is 1. The average molecular weight is 340 g/mol. The van der Waals surface area contributed by atoms with Crippen LogP contribution in [0.4, 0.5) is 0 Å². The number of aliphatic hydroxyl groups is 1. The van der Waals surface area contributed by atoms with Gasteiger partial charge < -0.3 is 21.5 Å². The van der Waals surface area contributed by atoms with Crippen molar-refractivity contribution in [3.8, 4) is 0 Å². The Bertz CT molecular complexity index is 501. The lowest BCUT2D eigenvalue weighted by molar-refractivity contribution is -0.123. The van der Waals surface area contributed by atoms with Gasteiger partial charge in [-0.05, 0) is 56.5 Å². The van der Waals surface area contributed by atoms with E-state index in [-0.39, 0.29) is 18.6 Å². The Morgan fingerprint density at radius 2 is 2.00 bits per heavy atom. The van der Waals surface area contributed by atoms with Gasteiger partial charge in [-0.25, -0.2) is 0 Å². The number of carbonyl (C=O) groups excluding carboxylic acids is 1. The molecule has 128 valence electrons. The van der Waals surface area contributed by atoms with Gasteiger partial charge >= 0.3 is 0 Å². The number of rotatable bonds is 7. The third kappa shape index (κ3) is 5.77. The van der Waals surface area contributed by atoms with Crippen molar-refractivity contribution in [2.45, 2.75) is 43.7 Å². The van der Waals surface area contributed by atoms with Crippen LogP contribution in [0.25, 0.3) is 0 Å². The molecule has 6 heteroatoms. The molecule has 1 aromatic carbocycles. The maximum Gasteiger partial charge on any atom is 0.222 e. The van der Waals surface area contributed by atoms with E-state index in [9.17, 15) is 4.79 Å². The maximum atomic E-state index is 12.4. The van der Waals surface area contributed by atoms with Gasteiger partial charge in [-0.3, -0.25) is 4.79 Å². The molecule has 0 aliphatic carbocycles. The molecular weight excluding hydrogens is 314 g/mol. The Morgan fingerprint density at radius 3 is 2.61 bits per heavy atom. The first-order valence-corrected chi connectivity index (χ1v) is 8.55. The molecule has 23 heavy (non-hydrogen) atoms. The SMILES string of the molecule is NC1(CC(=O)NC(CCCO)c2ccc(Cl)cc2)CCNCC1. The van der Waals surface area contributed by atoms with Crippen molar-refractivity contribution in [3.05, 3.63) is 34.9 Å². The lowest BCUT2D eigenvalue weighted by Gasteiger charge is -2.33. The summed E-state index contributed by atoms with van der Waals surface area (Å²) in [6, 6.07) is 7.32. The van der Waals surface area contributed by atoms with Crippen LogP contribution in [-0.2, 0) is 4.79 Å². The summed E-state index contributed by atoms with van der Waals surface area (Å²) in [5, 5.41) is 16.1. The van der Waals surface area contributed by atoms with Crippen LogP contribution in [0.1, 0.15) is 43.7 Å². The standard InChI is InChI=1S/C17H26ClN3O2/c18-14-5-3-13(4-6-14)15(2-1-11-22)21-16(23)12-17(19)7-9-20-10-8-17/h3-6,15,20,22H,1-2,7-12,19H2,(H,21,23). The van der Waals surface area contributed by atoms with Crippen LogP contribution in [-0.4, -0.2) is 36.2 Å².